The van der Waals surface area contributed by atoms with E-state index in [0.29, 0.717) is 25.3 Å². The van der Waals surface area contributed by atoms with Gasteiger partial charge in [0.25, 0.3) is 0 Å². The molecule has 106 valence electrons. The Hall–Kier alpha value is -1.10. The molecule has 0 rings (SSSR count). The maximum atomic E-state index is 12.1. The number of rotatable bonds is 7. The fourth-order valence-corrected chi connectivity index (χ4v) is 1.66. The minimum absolute atomic E-state index is 0.163. The lowest BCUT2D eigenvalue weighted by molar-refractivity contribution is -0.146. The van der Waals surface area contributed by atoms with Gasteiger partial charge in [-0.1, -0.05) is 27.7 Å². The van der Waals surface area contributed by atoms with Crippen LogP contribution >= 0.6 is 0 Å². The number of ether oxygens (including phenoxy) is 1. The molecule has 0 spiro atoms. The number of carbonyl (C=O) groups is 2. The largest absolute Gasteiger partial charge is 0.467 e. The van der Waals surface area contributed by atoms with Gasteiger partial charge in [-0.3, -0.25) is 4.79 Å². The van der Waals surface area contributed by atoms with Gasteiger partial charge in [0, 0.05) is 5.41 Å². The molecule has 0 aromatic carbocycles. The number of amides is 1. The van der Waals surface area contributed by atoms with Crippen molar-refractivity contribution in [2.45, 2.75) is 46.6 Å². The lowest BCUT2D eigenvalue weighted by Gasteiger charge is -2.26. The molecule has 0 aliphatic rings. The van der Waals surface area contributed by atoms with E-state index >= 15 is 0 Å². The number of nitrogens with two attached hydrogens (primary N) is 1. The first-order valence-electron chi connectivity index (χ1n) is 6.33. The third kappa shape index (κ3) is 5.49. The van der Waals surface area contributed by atoms with E-state index in [0.717, 1.165) is 0 Å². The highest BCUT2D eigenvalue weighted by atomic mass is 16.5. The smallest absolute Gasteiger partial charge is 0.328 e. The molecule has 3 N–H and O–H groups in total. The number of nitrogens with one attached hydrogen (secondary N) is 1. The van der Waals surface area contributed by atoms with Crippen molar-refractivity contribution in [2.75, 3.05) is 13.7 Å². The monoisotopic (exact) mass is 258 g/mol. The quantitative estimate of drug-likeness (QED) is 0.669. The molecule has 18 heavy (non-hydrogen) atoms. The van der Waals surface area contributed by atoms with Gasteiger partial charge in [-0.15, -0.1) is 0 Å². The van der Waals surface area contributed by atoms with Gasteiger partial charge in [-0.05, 0) is 25.3 Å². The summed E-state index contributed by atoms with van der Waals surface area (Å²) >= 11 is 0. The van der Waals surface area contributed by atoms with Crippen LogP contribution in [0.3, 0.4) is 0 Å². The van der Waals surface area contributed by atoms with Gasteiger partial charge in [0.2, 0.25) is 5.91 Å². The molecular formula is C13H26N2O3. The van der Waals surface area contributed by atoms with Gasteiger partial charge < -0.3 is 15.8 Å². The Bertz CT molecular complexity index is 288. The Kier molecular flexibility index (Phi) is 6.91. The molecular weight excluding hydrogens is 232 g/mol. The molecule has 1 amide bonds. The first-order valence-corrected chi connectivity index (χ1v) is 6.33. The molecule has 5 heteroatoms. The summed E-state index contributed by atoms with van der Waals surface area (Å²) < 4.78 is 4.71. The molecule has 1 atom stereocenters. The first-order chi connectivity index (χ1) is 8.24. The van der Waals surface area contributed by atoms with Crippen molar-refractivity contribution in [1.29, 1.82) is 0 Å². The average molecular weight is 258 g/mol. The molecule has 0 heterocycles. The molecule has 0 fully saturated rings. The van der Waals surface area contributed by atoms with Gasteiger partial charge in [0.1, 0.15) is 6.04 Å². The van der Waals surface area contributed by atoms with Gasteiger partial charge in [-0.2, -0.15) is 0 Å². The van der Waals surface area contributed by atoms with Gasteiger partial charge in [-0.25, -0.2) is 4.79 Å². The highest BCUT2D eigenvalue weighted by Gasteiger charge is 2.31. The van der Waals surface area contributed by atoms with Gasteiger partial charge in [0.15, 0.2) is 0 Å². The molecule has 0 aliphatic heterocycles. The van der Waals surface area contributed by atoms with E-state index in [9.17, 15) is 9.59 Å². The molecule has 0 saturated carbocycles. The number of carbonyl (C=O) groups excluding carboxylic acids is 2. The van der Waals surface area contributed by atoms with Crippen LogP contribution in [0.4, 0.5) is 0 Å². The van der Waals surface area contributed by atoms with Crippen molar-refractivity contribution >= 4 is 11.9 Å². The maximum absolute atomic E-state index is 12.1. The van der Waals surface area contributed by atoms with Crippen LogP contribution in [-0.2, 0) is 14.3 Å². The van der Waals surface area contributed by atoms with Crippen LogP contribution in [0.5, 0.6) is 0 Å². The number of methoxy groups -OCH3 is 1. The summed E-state index contributed by atoms with van der Waals surface area (Å²) in [6.45, 7) is 8.06. The normalized spacial score (nSPS) is 13.3. The van der Waals surface area contributed by atoms with Crippen LogP contribution in [0.2, 0.25) is 0 Å². The summed E-state index contributed by atoms with van der Waals surface area (Å²) in [5.74, 6) is -0.267. The van der Waals surface area contributed by atoms with Crippen LogP contribution < -0.4 is 11.1 Å². The predicted octanol–water partition coefficient (Wildman–Crippen LogP) is 1.07. The fraction of sp³-hybridized carbons (Fsp3) is 0.846. The highest BCUT2D eigenvalue weighted by Crippen LogP contribution is 2.20. The van der Waals surface area contributed by atoms with Crippen molar-refractivity contribution < 1.29 is 14.3 Å². The Labute approximate surface area is 109 Å². The lowest BCUT2D eigenvalue weighted by Crippen LogP contribution is -2.48. The standard InChI is InChI=1S/C13H26N2O3/c1-9(2)8-10(11(16)18-5)15-12(17)13(3,4)6-7-14/h9-10H,6-8,14H2,1-5H3,(H,15,17)/t10-/m0/s1. The second-order valence-electron chi connectivity index (χ2n) is 5.60. The number of hydrogen-bond donors (Lipinski definition) is 2. The van der Waals surface area contributed by atoms with Crippen LogP contribution in [0.15, 0.2) is 0 Å². The van der Waals surface area contributed by atoms with E-state index < -0.39 is 17.4 Å². The Morgan fingerprint density at radius 3 is 2.28 bits per heavy atom. The zero-order chi connectivity index (χ0) is 14.3. The first kappa shape index (κ1) is 16.9. The van der Waals surface area contributed by atoms with Crippen molar-refractivity contribution in [2.24, 2.45) is 17.1 Å². The number of esters is 1. The van der Waals surface area contributed by atoms with Crippen molar-refractivity contribution in [3.8, 4) is 0 Å². The zero-order valence-electron chi connectivity index (χ0n) is 12.1. The molecule has 5 nitrogen and oxygen atoms in total. The Balaban J connectivity index is 4.67. The fourth-order valence-electron chi connectivity index (χ4n) is 1.66. The number of hydrogen-bond acceptors (Lipinski definition) is 4. The van der Waals surface area contributed by atoms with E-state index in [1.54, 1.807) is 0 Å². The molecule has 0 saturated heterocycles. The SMILES string of the molecule is COC(=O)[C@H](CC(C)C)NC(=O)C(C)(C)CCN. The zero-order valence-corrected chi connectivity index (χ0v) is 12.1. The third-order valence-electron chi connectivity index (χ3n) is 2.88. The molecule has 0 aromatic rings. The molecule has 0 bridgehead atoms. The van der Waals surface area contributed by atoms with Gasteiger partial charge in [0.05, 0.1) is 7.11 Å². The minimum Gasteiger partial charge on any atom is -0.467 e. The van der Waals surface area contributed by atoms with E-state index in [-0.39, 0.29) is 5.91 Å². The van der Waals surface area contributed by atoms with Crippen molar-refractivity contribution in [3.63, 3.8) is 0 Å². The van der Waals surface area contributed by atoms with Crippen LogP contribution in [0.1, 0.15) is 40.5 Å². The third-order valence-corrected chi connectivity index (χ3v) is 2.88. The summed E-state index contributed by atoms with van der Waals surface area (Å²) in [7, 11) is 1.33. The van der Waals surface area contributed by atoms with Gasteiger partial charge >= 0.3 is 5.97 Å². The average Bonchev–Trinajstić information content (AvgIpc) is 2.26. The van der Waals surface area contributed by atoms with Crippen molar-refractivity contribution in [1.82, 2.24) is 5.32 Å². The van der Waals surface area contributed by atoms with E-state index in [2.05, 4.69) is 5.32 Å². The summed E-state index contributed by atoms with van der Waals surface area (Å²) in [5, 5.41) is 2.76. The minimum atomic E-state index is -0.584. The van der Waals surface area contributed by atoms with Crippen LogP contribution in [0, 0.1) is 11.3 Å². The predicted molar refractivity (Wildman–Crippen MR) is 70.9 cm³/mol. The summed E-state index contributed by atoms with van der Waals surface area (Å²) in [5.41, 5.74) is 4.91. The molecule has 0 radical (unpaired) electrons. The summed E-state index contributed by atoms with van der Waals surface area (Å²) in [6, 6.07) is -0.584. The van der Waals surface area contributed by atoms with Crippen molar-refractivity contribution in [3.05, 3.63) is 0 Å². The topological polar surface area (TPSA) is 81.4 Å². The molecule has 0 unspecified atom stereocenters. The summed E-state index contributed by atoms with van der Waals surface area (Å²) in [6.07, 6.45) is 1.14. The summed E-state index contributed by atoms with van der Waals surface area (Å²) in [4.78, 5) is 23.7. The van der Waals surface area contributed by atoms with Crippen LogP contribution in [0.25, 0.3) is 0 Å². The molecule has 0 aromatic heterocycles. The maximum Gasteiger partial charge on any atom is 0.328 e. The van der Waals surface area contributed by atoms with E-state index in [1.807, 2.05) is 27.7 Å². The Morgan fingerprint density at radius 2 is 1.89 bits per heavy atom. The highest BCUT2D eigenvalue weighted by molar-refractivity contribution is 5.87. The Morgan fingerprint density at radius 1 is 1.33 bits per heavy atom. The van der Waals surface area contributed by atoms with Crippen LogP contribution in [-0.4, -0.2) is 31.6 Å². The van der Waals surface area contributed by atoms with E-state index in [4.69, 9.17) is 10.5 Å². The second-order valence-corrected chi connectivity index (χ2v) is 5.60. The molecule has 0 aliphatic carbocycles. The van der Waals surface area contributed by atoms with E-state index in [1.165, 1.54) is 7.11 Å². The second kappa shape index (κ2) is 7.36. The lowest BCUT2D eigenvalue weighted by atomic mass is 9.87.